The summed E-state index contributed by atoms with van der Waals surface area (Å²) >= 11 is 0. The van der Waals surface area contributed by atoms with Crippen LogP contribution in [0.4, 0.5) is 5.69 Å². The number of hydrogen-bond donors (Lipinski definition) is 2. The third-order valence-corrected chi connectivity index (χ3v) is 3.35. The maximum absolute atomic E-state index is 11.2. The van der Waals surface area contributed by atoms with Crippen LogP contribution in [0.2, 0.25) is 0 Å². The molecule has 1 amide bonds. The van der Waals surface area contributed by atoms with Gasteiger partial charge in [0.25, 0.3) is 0 Å². The molecule has 1 unspecified atom stereocenters. The van der Waals surface area contributed by atoms with Crippen LogP contribution in [0.3, 0.4) is 0 Å². The van der Waals surface area contributed by atoms with E-state index < -0.39 is 0 Å². The standard InChI is InChI=1S/C18H22N2O/c1-14(12-16-8-4-3-5-9-16)19-13-17-10-6-7-11-18(17)20-15(2)21/h3-11,14,19H,12-13H2,1-2H3,(H,20,21). The highest BCUT2D eigenvalue weighted by atomic mass is 16.1. The smallest absolute Gasteiger partial charge is 0.221 e. The molecule has 1 atom stereocenters. The molecule has 0 aliphatic carbocycles. The predicted molar refractivity (Wildman–Crippen MR) is 87.2 cm³/mol. The van der Waals surface area contributed by atoms with E-state index in [0.717, 1.165) is 24.2 Å². The van der Waals surface area contributed by atoms with Gasteiger partial charge in [0, 0.05) is 25.2 Å². The second-order valence-corrected chi connectivity index (χ2v) is 5.31. The van der Waals surface area contributed by atoms with Gasteiger partial charge in [0.15, 0.2) is 0 Å². The molecule has 0 bridgehead atoms. The maximum atomic E-state index is 11.2. The van der Waals surface area contributed by atoms with E-state index in [0.29, 0.717) is 6.04 Å². The Morgan fingerprint density at radius 2 is 1.71 bits per heavy atom. The zero-order valence-electron chi connectivity index (χ0n) is 12.6. The van der Waals surface area contributed by atoms with Gasteiger partial charge in [0.1, 0.15) is 0 Å². The van der Waals surface area contributed by atoms with Crippen LogP contribution in [-0.4, -0.2) is 11.9 Å². The molecule has 0 aromatic heterocycles. The lowest BCUT2D eigenvalue weighted by molar-refractivity contribution is -0.114. The molecule has 0 aliphatic rings. The average Bonchev–Trinajstić information content (AvgIpc) is 2.47. The average molecular weight is 282 g/mol. The van der Waals surface area contributed by atoms with Crippen molar-refractivity contribution in [1.29, 1.82) is 0 Å². The number of rotatable bonds is 6. The molecule has 0 heterocycles. The fraction of sp³-hybridized carbons (Fsp3) is 0.278. The van der Waals surface area contributed by atoms with Crippen molar-refractivity contribution in [3.8, 4) is 0 Å². The third-order valence-electron chi connectivity index (χ3n) is 3.35. The minimum Gasteiger partial charge on any atom is -0.326 e. The molecule has 2 N–H and O–H groups in total. The van der Waals surface area contributed by atoms with Crippen LogP contribution in [0.15, 0.2) is 54.6 Å². The van der Waals surface area contributed by atoms with Crippen LogP contribution in [0.1, 0.15) is 25.0 Å². The second kappa shape index (κ2) is 7.60. The van der Waals surface area contributed by atoms with Crippen LogP contribution >= 0.6 is 0 Å². The molecule has 3 nitrogen and oxygen atoms in total. The lowest BCUT2D eigenvalue weighted by Crippen LogP contribution is -2.28. The minimum atomic E-state index is -0.0419. The molecule has 0 fully saturated rings. The molecule has 0 aliphatic heterocycles. The molecular weight excluding hydrogens is 260 g/mol. The number of carbonyl (C=O) groups is 1. The van der Waals surface area contributed by atoms with E-state index in [-0.39, 0.29) is 5.91 Å². The van der Waals surface area contributed by atoms with Crippen LogP contribution in [-0.2, 0) is 17.8 Å². The van der Waals surface area contributed by atoms with Gasteiger partial charge < -0.3 is 10.6 Å². The molecule has 0 radical (unpaired) electrons. The molecule has 2 aromatic rings. The van der Waals surface area contributed by atoms with Crippen LogP contribution in [0, 0.1) is 0 Å². The first-order chi connectivity index (χ1) is 10.1. The van der Waals surface area contributed by atoms with Gasteiger partial charge in [0.05, 0.1) is 0 Å². The van der Waals surface area contributed by atoms with Gasteiger partial charge in [-0.15, -0.1) is 0 Å². The van der Waals surface area contributed by atoms with E-state index >= 15 is 0 Å². The Balaban J connectivity index is 1.92. The van der Waals surface area contributed by atoms with Crippen LogP contribution in [0.25, 0.3) is 0 Å². The Hall–Kier alpha value is -2.13. The number of amides is 1. The van der Waals surface area contributed by atoms with Crippen LogP contribution in [0.5, 0.6) is 0 Å². The summed E-state index contributed by atoms with van der Waals surface area (Å²) in [5.41, 5.74) is 3.31. The maximum Gasteiger partial charge on any atom is 0.221 e. The predicted octanol–water partition coefficient (Wildman–Crippen LogP) is 3.37. The summed E-state index contributed by atoms with van der Waals surface area (Å²) in [5.74, 6) is -0.0419. The molecular formula is C18H22N2O. The fourth-order valence-corrected chi connectivity index (χ4v) is 2.31. The van der Waals surface area contributed by atoms with Crippen molar-refractivity contribution in [2.75, 3.05) is 5.32 Å². The van der Waals surface area contributed by atoms with Gasteiger partial charge in [-0.3, -0.25) is 4.79 Å². The van der Waals surface area contributed by atoms with E-state index in [1.807, 2.05) is 30.3 Å². The normalized spacial score (nSPS) is 11.9. The third kappa shape index (κ3) is 5.04. The lowest BCUT2D eigenvalue weighted by Gasteiger charge is -2.16. The number of carbonyl (C=O) groups excluding carboxylic acids is 1. The first-order valence-corrected chi connectivity index (χ1v) is 7.28. The largest absolute Gasteiger partial charge is 0.326 e. The Labute approximate surface area is 126 Å². The van der Waals surface area contributed by atoms with E-state index in [9.17, 15) is 4.79 Å². The molecule has 21 heavy (non-hydrogen) atoms. The van der Waals surface area contributed by atoms with Gasteiger partial charge in [0.2, 0.25) is 5.91 Å². The molecule has 2 aromatic carbocycles. The second-order valence-electron chi connectivity index (χ2n) is 5.31. The van der Waals surface area contributed by atoms with Gasteiger partial charge in [-0.25, -0.2) is 0 Å². The van der Waals surface area contributed by atoms with Gasteiger partial charge >= 0.3 is 0 Å². The summed E-state index contributed by atoms with van der Waals surface area (Å²) < 4.78 is 0. The van der Waals surface area contributed by atoms with Crippen molar-refractivity contribution in [3.63, 3.8) is 0 Å². The number of anilines is 1. The molecule has 2 rings (SSSR count). The van der Waals surface area contributed by atoms with E-state index in [1.54, 1.807) is 0 Å². The first-order valence-electron chi connectivity index (χ1n) is 7.28. The quantitative estimate of drug-likeness (QED) is 0.853. The van der Waals surface area contributed by atoms with Crippen molar-refractivity contribution < 1.29 is 4.79 Å². The number of hydrogen-bond acceptors (Lipinski definition) is 2. The highest BCUT2D eigenvalue weighted by Gasteiger charge is 2.06. The summed E-state index contributed by atoms with van der Waals surface area (Å²) in [5, 5.41) is 6.38. The van der Waals surface area contributed by atoms with Crippen molar-refractivity contribution >= 4 is 11.6 Å². The topological polar surface area (TPSA) is 41.1 Å². The monoisotopic (exact) mass is 282 g/mol. The van der Waals surface area contributed by atoms with Crippen molar-refractivity contribution in [3.05, 3.63) is 65.7 Å². The van der Waals surface area contributed by atoms with Crippen molar-refractivity contribution in [2.45, 2.75) is 32.9 Å². The van der Waals surface area contributed by atoms with E-state index in [2.05, 4.69) is 41.8 Å². The number of benzene rings is 2. The van der Waals surface area contributed by atoms with Crippen molar-refractivity contribution in [2.24, 2.45) is 0 Å². The molecule has 0 saturated heterocycles. The van der Waals surface area contributed by atoms with E-state index in [4.69, 9.17) is 0 Å². The summed E-state index contributed by atoms with van der Waals surface area (Å²) in [6.45, 7) is 4.45. The summed E-state index contributed by atoms with van der Waals surface area (Å²) in [7, 11) is 0. The van der Waals surface area contributed by atoms with Crippen molar-refractivity contribution in [1.82, 2.24) is 5.32 Å². The van der Waals surface area contributed by atoms with Gasteiger partial charge in [-0.05, 0) is 30.5 Å². The number of para-hydroxylation sites is 1. The number of nitrogens with one attached hydrogen (secondary N) is 2. The highest BCUT2D eigenvalue weighted by Crippen LogP contribution is 2.15. The zero-order valence-corrected chi connectivity index (χ0v) is 12.6. The molecule has 0 saturated carbocycles. The fourth-order valence-electron chi connectivity index (χ4n) is 2.31. The Bertz CT molecular complexity index is 581. The molecule has 3 heteroatoms. The van der Waals surface area contributed by atoms with Gasteiger partial charge in [-0.1, -0.05) is 48.5 Å². The summed E-state index contributed by atoms with van der Waals surface area (Å²) in [6.07, 6.45) is 0.989. The summed E-state index contributed by atoms with van der Waals surface area (Å²) in [4.78, 5) is 11.2. The highest BCUT2D eigenvalue weighted by molar-refractivity contribution is 5.89. The van der Waals surface area contributed by atoms with Crippen LogP contribution < -0.4 is 10.6 Å². The minimum absolute atomic E-state index is 0.0419. The molecule has 110 valence electrons. The lowest BCUT2D eigenvalue weighted by atomic mass is 10.1. The Morgan fingerprint density at radius 3 is 2.43 bits per heavy atom. The first kappa shape index (κ1) is 15.3. The SMILES string of the molecule is CC(=O)Nc1ccccc1CNC(C)Cc1ccccc1. The Kier molecular flexibility index (Phi) is 5.52. The summed E-state index contributed by atoms with van der Waals surface area (Å²) in [6, 6.07) is 18.7. The van der Waals surface area contributed by atoms with E-state index in [1.165, 1.54) is 12.5 Å². The zero-order chi connectivity index (χ0) is 15.1. The molecule has 0 spiro atoms. The van der Waals surface area contributed by atoms with Gasteiger partial charge in [-0.2, -0.15) is 0 Å². The Morgan fingerprint density at radius 1 is 1.05 bits per heavy atom.